The summed E-state index contributed by atoms with van der Waals surface area (Å²) in [5.41, 5.74) is 0. The first-order valence-electron chi connectivity index (χ1n) is 5.99. The van der Waals surface area contributed by atoms with Crippen molar-refractivity contribution in [1.82, 2.24) is 10.6 Å². The quantitative estimate of drug-likeness (QED) is 0.680. The Morgan fingerprint density at radius 2 is 2.31 bits per heavy atom. The van der Waals surface area contributed by atoms with Gasteiger partial charge in [0.25, 0.3) is 0 Å². The molecule has 0 saturated carbocycles. The standard InChI is InChI=1S/C11H22N2OS2/c1-2-3-4-13-11(14)8-12-7-10-9-15-5-6-16-10/h10,12H,2-9H2,1H3,(H,13,14). The van der Waals surface area contributed by atoms with Crippen molar-refractivity contribution in [3.05, 3.63) is 0 Å². The second kappa shape index (κ2) is 9.19. The minimum atomic E-state index is 0.127. The Balaban J connectivity index is 1.94. The van der Waals surface area contributed by atoms with Gasteiger partial charge in [0.1, 0.15) is 0 Å². The monoisotopic (exact) mass is 262 g/mol. The smallest absolute Gasteiger partial charge is 0.233 e. The van der Waals surface area contributed by atoms with Crippen molar-refractivity contribution < 1.29 is 4.79 Å². The van der Waals surface area contributed by atoms with Crippen molar-refractivity contribution in [2.45, 2.75) is 25.0 Å². The fraction of sp³-hybridized carbons (Fsp3) is 0.909. The van der Waals surface area contributed by atoms with Gasteiger partial charge in [-0.3, -0.25) is 4.79 Å². The van der Waals surface area contributed by atoms with Crippen LogP contribution in [0.3, 0.4) is 0 Å². The summed E-state index contributed by atoms with van der Waals surface area (Å²) >= 11 is 4.04. The van der Waals surface area contributed by atoms with Gasteiger partial charge in [-0.2, -0.15) is 23.5 Å². The van der Waals surface area contributed by atoms with E-state index in [0.717, 1.165) is 25.9 Å². The van der Waals surface area contributed by atoms with Crippen LogP contribution in [-0.2, 0) is 4.79 Å². The van der Waals surface area contributed by atoms with Crippen LogP contribution in [0.1, 0.15) is 19.8 Å². The van der Waals surface area contributed by atoms with Gasteiger partial charge in [0, 0.05) is 35.6 Å². The van der Waals surface area contributed by atoms with Crippen LogP contribution < -0.4 is 10.6 Å². The van der Waals surface area contributed by atoms with Crippen molar-refractivity contribution in [2.75, 3.05) is 36.9 Å². The van der Waals surface area contributed by atoms with Crippen LogP contribution in [0.25, 0.3) is 0 Å². The summed E-state index contributed by atoms with van der Waals surface area (Å²) in [5.74, 6) is 3.87. The molecule has 94 valence electrons. The topological polar surface area (TPSA) is 41.1 Å². The van der Waals surface area contributed by atoms with Gasteiger partial charge in [0.2, 0.25) is 5.91 Å². The van der Waals surface area contributed by atoms with Crippen molar-refractivity contribution in [1.29, 1.82) is 0 Å². The number of hydrogen-bond donors (Lipinski definition) is 2. The second-order valence-corrected chi connectivity index (χ2v) is 6.46. The molecular weight excluding hydrogens is 240 g/mol. The van der Waals surface area contributed by atoms with E-state index in [1.807, 2.05) is 23.5 Å². The van der Waals surface area contributed by atoms with Crippen molar-refractivity contribution in [3.8, 4) is 0 Å². The molecule has 0 spiro atoms. The van der Waals surface area contributed by atoms with E-state index in [2.05, 4.69) is 17.6 Å². The molecule has 5 heteroatoms. The molecule has 1 rings (SSSR count). The third-order valence-corrected chi connectivity index (χ3v) is 5.24. The molecule has 1 heterocycles. The van der Waals surface area contributed by atoms with Gasteiger partial charge in [-0.15, -0.1) is 0 Å². The number of rotatable bonds is 7. The molecule has 16 heavy (non-hydrogen) atoms. The van der Waals surface area contributed by atoms with E-state index in [9.17, 15) is 4.79 Å². The van der Waals surface area contributed by atoms with Crippen LogP contribution in [0.15, 0.2) is 0 Å². The predicted octanol–water partition coefficient (Wildman–Crippen LogP) is 1.34. The summed E-state index contributed by atoms with van der Waals surface area (Å²) in [7, 11) is 0. The third-order valence-electron chi connectivity index (χ3n) is 2.40. The lowest BCUT2D eigenvalue weighted by atomic mass is 10.3. The Morgan fingerprint density at radius 1 is 1.44 bits per heavy atom. The van der Waals surface area contributed by atoms with E-state index in [1.165, 1.54) is 17.3 Å². The van der Waals surface area contributed by atoms with Crippen molar-refractivity contribution in [3.63, 3.8) is 0 Å². The molecule has 1 saturated heterocycles. The molecule has 0 bridgehead atoms. The first kappa shape index (κ1) is 14.2. The van der Waals surface area contributed by atoms with E-state index in [0.29, 0.717) is 11.8 Å². The highest BCUT2D eigenvalue weighted by Crippen LogP contribution is 2.22. The number of carbonyl (C=O) groups is 1. The van der Waals surface area contributed by atoms with Crippen LogP contribution in [0.5, 0.6) is 0 Å². The molecule has 1 fully saturated rings. The van der Waals surface area contributed by atoms with E-state index in [1.54, 1.807) is 0 Å². The van der Waals surface area contributed by atoms with Gasteiger partial charge in [-0.25, -0.2) is 0 Å². The van der Waals surface area contributed by atoms with Crippen LogP contribution in [0.4, 0.5) is 0 Å². The van der Waals surface area contributed by atoms with Crippen molar-refractivity contribution >= 4 is 29.4 Å². The van der Waals surface area contributed by atoms with Gasteiger partial charge < -0.3 is 10.6 Å². The summed E-state index contributed by atoms with van der Waals surface area (Å²) in [6, 6.07) is 0. The Morgan fingerprint density at radius 3 is 3.00 bits per heavy atom. The van der Waals surface area contributed by atoms with Crippen LogP contribution >= 0.6 is 23.5 Å². The fourth-order valence-electron chi connectivity index (χ4n) is 1.47. The minimum absolute atomic E-state index is 0.127. The Labute approximate surface area is 107 Å². The molecule has 1 amide bonds. The highest BCUT2D eigenvalue weighted by atomic mass is 32.2. The number of thioether (sulfide) groups is 2. The van der Waals surface area contributed by atoms with E-state index < -0.39 is 0 Å². The second-order valence-electron chi connectivity index (χ2n) is 3.90. The maximum atomic E-state index is 11.4. The molecule has 3 nitrogen and oxygen atoms in total. The molecule has 0 aromatic heterocycles. The zero-order valence-electron chi connectivity index (χ0n) is 9.96. The average molecular weight is 262 g/mol. The molecule has 1 unspecified atom stereocenters. The molecule has 1 atom stereocenters. The maximum absolute atomic E-state index is 11.4. The molecule has 1 aliphatic heterocycles. The summed E-state index contributed by atoms with van der Waals surface area (Å²) in [4.78, 5) is 11.4. The van der Waals surface area contributed by atoms with Crippen molar-refractivity contribution in [2.24, 2.45) is 0 Å². The Hall–Kier alpha value is 0.130. The molecule has 1 aliphatic rings. The first-order chi connectivity index (χ1) is 7.83. The number of nitrogens with one attached hydrogen (secondary N) is 2. The van der Waals surface area contributed by atoms with E-state index >= 15 is 0 Å². The lowest BCUT2D eigenvalue weighted by Gasteiger charge is -2.21. The van der Waals surface area contributed by atoms with Gasteiger partial charge >= 0.3 is 0 Å². The normalized spacial score (nSPS) is 20.7. The Kier molecular flexibility index (Phi) is 8.15. The Bertz CT molecular complexity index is 196. The van der Waals surface area contributed by atoms with Gasteiger partial charge in [-0.1, -0.05) is 13.3 Å². The number of unbranched alkanes of at least 4 members (excludes halogenated alkanes) is 1. The first-order valence-corrected chi connectivity index (χ1v) is 8.20. The number of carbonyl (C=O) groups excluding carboxylic acids is 1. The van der Waals surface area contributed by atoms with Gasteiger partial charge in [0.05, 0.1) is 6.54 Å². The lowest BCUT2D eigenvalue weighted by Crippen LogP contribution is -2.38. The van der Waals surface area contributed by atoms with Gasteiger partial charge in [0.15, 0.2) is 0 Å². The SMILES string of the molecule is CCCCNC(=O)CNCC1CSCCS1. The summed E-state index contributed by atoms with van der Waals surface area (Å²) in [6.45, 7) is 4.36. The van der Waals surface area contributed by atoms with E-state index in [4.69, 9.17) is 0 Å². The summed E-state index contributed by atoms with van der Waals surface area (Å²) in [5, 5.41) is 6.83. The van der Waals surface area contributed by atoms with E-state index in [-0.39, 0.29) is 5.91 Å². The third kappa shape index (κ3) is 6.66. The van der Waals surface area contributed by atoms with Gasteiger partial charge in [-0.05, 0) is 6.42 Å². The van der Waals surface area contributed by atoms with Crippen LogP contribution in [0, 0.1) is 0 Å². The lowest BCUT2D eigenvalue weighted by molar-refractivity contribution is -0.120. The molecule has 0 aromatic carbocycles. The molecular formula is C11H22N2OS2. The largest absolute Gasteiger partial charge is 0.355 e. The summed E-state index contributed by atoms with van der Waals surface area (Å²) < 4.78 is 0. The zero-order chi connectivity index (χ0) is 11.6. The minimum Gasteiger partial charge on any atom is -0.355 e. The molecule has 0 aromatic rings. The number of amides is 1. The molecule has 2 N–H and O–H groups in total. The molecule has 0 aliphatic carbocycles. The van der Waals surface area contributed by atoms with Crippen LogP contribution in [-0.4, -0.2) is 48.0 Å². The highest BCUT2D eigenvalue weighted by Gasteiger charge is 2.13. The predicted molar refractivity (Wildman–Crippen MR) is 74.4 cm³/mol. The molecule has 0 radical (unpaired) electrons. The zero-order valence-corrected chi connectivity index (χ0v) is 11.6. The number of hydrogen-bond acceptors (Lipinski definition) is 4. The van der Waals surface area contributed by atoms with Crippen LogP contribution in [0.2, 0.25) is 0 Å². The average Bonchev–Trinajstić information content (AvgIpc) is 2.31. The fourth-order valence-corrected chi connectivity index (χ4v) is 4.11. The highest BCUT2D eigenvalue weighted by molar-refractivity contribution is 8.06. The maximum Gasteiger partial charge on any atom is 0.233 e. The summed E-state index contributed by atoms with van der Waals surface area (Å²) in [6.07, 6.45) is 2.20.